The molecule has 0 atom stereocenters. The summed E-state index contributed by atoms with van der Waals surface area (Å²) in [7, 11) is -3.84. The predicted molar refractivity (Wildman–Crippen MR) is 72.8 cm³/mol. The maximum absolute atomic E-state index is 13.1. The standard InChI is InChI=1S/C13H13FN2O2S/c1-9-5-6-13(12(15)7-9)16-19(17,18)11-4-2-3-10(14)8-11/h2-8,16H,15H2,1H3. The van der Waals surface area contributed by atoms with E-state index >= 15 is 0 Å². The second-order valence-electron chi connectivity index (χ2n) is 4.15. The Bertz CT molecular complexity index is 714. The van der Waals surface area contributed by atoms with Gasteiger partial charge in [0.1, 0.15) is 5.82 Å². The third kappa shape index (κ3) is 3.03. The van der Waals surface area contributed by atoms with Gasteiger partial charge in [-0.3, -0.25) is 4.72 Å². The van der Waals surface area contributed by atoms with Gasteiger partial charge in [-0.05, 0) is 42.8 Å². The average Bonchev–Trinajstić information content (AvgIpc) is 2.33. The van der Waals surface area contributed by atoms with E-state index in [0.29, 0.717) is 5.69 Å². The summed E-state index contributed by atoms with van der Waals surface area (Å²) >= 11 is 0. The summed E-state index contributed by atoms with van der Waals surface area (Å²) in [5.41, 5.74) is 7.25. The number of sulfonamides is 1. The largest absolute Gasteiger partial charge is 0.397 e. The van der Waals surface area contributed by atoms with E-state index in [1.54, 1.807) is 18.2 Å². The normalized spacial score (nSPS) is 11.3. The molecule has 0 spiro atoms. The zero-order valence-electron chi connectivity index (χ0n) is 10.2. The first kappa shape index (κ1) is 13.4. The van der Waals surface area contributed by atoms with Gasteiger partial charge in [0, 0.05) is 0 Å². The molecular formula is C13H13FN2O2S. The van der Waals surface area contributed by atoms with Gasteiger partial charge in [-0.15, -0.1) is 0 Å². The molecule has 2 aromatic carbocycles. The Morgan fingerprint density at radius 1 is 1.16 bits per heavy atom. The van der Waals surface area contributed by atoms with Crippen LogP contribution in [0.3, 0.4) is 0 Å². The lowest BCUT2D eigenvalue weighted by atomic mass is 10.2. The van der Waals surface area contributed by atoms with E-state index in [4.69, 9.17) is 5.73 Å². The van der Waals surface area contributed by atoms with Gasteiger partial charge in [-0.25, -0.2) is 12.8 Å². The van der Waals surface area contributed by atoms with Crippen LogP contribution in [0.5, 0.6) is 0 Å². The van der Waals surface area contributed by atoms with Crippen molar-refractivity contribution in [2.75, 3.05) is 10.5 Å². The van der Waals surface area contributed by atoms with Crippen LogP contribution >= 0.6 is 0 Å². The lowest BCUT2D eigenvalue weighted by Crippen LogP contribution is -2.14. The number of nitrogens with one attached hydrogen (secondary N) is 1. The second kappa shape index (κ2) is 4.89. The molecule has 0 unspecified atom stereocenters. The van der Waals surface area contributed by atoms with E-state index in [1.165, 1.54) is 18.2 Å². The van der Waals surface area contributed by atoms with Crippen LogP contribution in [0.15, 0.2) is 47.4 Å². The number of halogens is 1. The van der Waals surface area contributed by atoms with Crippen molar-refractivity contribution >= 4 is 21.4 Å². The summed E-state index contributed by atoms with van der Waals surface area (Å²) in [4.78, 5) is -0.146. The maximum atomic E-state index is 13.1. The molecular weight excluding hydrogens is 267 g/mol. The van der Waals surface area contributed by atoms with Crippen LogP contribution in [0.4, 0.5) is 15.8 Å². The first-order valence-electron chi connectivity index (χ1n) is 5.53. The van der Waals surface area contributed by atoms with Crippen LogP contribution < -0.4 is 10.5 Å². The van der Waals surface area contributed by atoms with Gasteiger partial charge in [0.05, 0.1) is 16.3 Å². The predicted octanol–water partition coefficient (Wildman–Crippen LogP) is 2.52. The molecule has 6 heteroatoms. The van der Waals surface area contributed by atoms with Gasteiger partial charge in [0.15, 0.2) is 0 Å². The highest BCUT2D eigenvalue weighted by Crippen LogP contribution is 2.23. The Balaban J connectivity index is 2.36. The number of benzene rings is 2. The average molecular weight is 280 g/mol. The molecule has 0 bridgehead atoms. The fourth-order valence-electron chi connectivity index (χ4n) is 1.61. The fourth-order valence-corrected chi connectivity index (χ4v) is 2.73. The Morgan fingerprint density at radius 2 is 1.89 bits per heavy atom. The number of rotatable bonds is 3. The third-order valence-corrected chi connectivity index (χ3v) is 3.92. The van der Waals surface area contributed by atoms with Crippen molar-refractivity contribution in [2.45, 2.75) is 11.8 Å². The Hall–Kier alpha value is -2.08. The molecule has 2 aromatic rings. The van der Waals surface area contributed by atoms with Crippen molar-refractivity contribution in [2.24, 2.45) is 0 Å². The van der Waals surface area contributed by atoms with Crippen molar-refractivity contribution in [1.29, 1.82) is 0 Å². The van der Waals surface area contributed by atoms with Crippen molar-refractivity contribution in [1.82, 2.24) is 0 Å². The lowest BCUT2D eigenvalue weighted by molar-refractivity contribution is 0.595. The number of hydrogen-bond donors (Lipinski definition) is 2. The Kier molecular flexibility index (Phi) is 3.44. The number of nitrogens with two attached hydrogens (primary N) is 1. The van der Waals surface area contributed by atoms with Gasteiger partial charge in [-0.1, -0.05) is 12.1 Å². The monoisotopic (exact) mass is 280 g/mol. The van der Waals surface area contributed by atoms with Crippen LogP contribution in [-0.2, 0) is 10.0 Å². The third-order valence-electron chi connectivity index (χ3n) is 2.56. The van der Waals surface area contributed by atoms with Gasteiger partial charge in [-0.2, -0.15) is 0 Å². The highest BCUT2D eigenvalue weighted by Gasteiger charge is 2.15. The SMILES string of the molecule is Cc1ccc(NS(=O)(=O)c2cccc(F)c2)c(N)c1. The molecule has 0 saturated heterocycles. The van der Waals surface area contributed by atoms with E-state index < -0.39 is 15.8 Å². The van der Waals surface area contributed by atoms with Gasteiger partial charge in [0.2, 0.25) is 0 Å². The summed E-state index contributed by atoms with van der Waals surface area (Å²) in [5, 5.41) is 0. The summed E-state index contributed by atoms with van der Waals surface area (Å²) in [5.74, 6) is -0.611. The molecule has 3 N–H and O–H groups in total. The molecule has 19 heavy (non-hydrogen) atoms. The minimum atomic E-state index is -3.84. The van der Waals surface area contributed by atoms with Crippen LogP contribution in [0, 0.1) is 12.7 Å². The number of anilines is 2. The molecule has 0 aromatic heterocycles. The van der Waals surface area contributed by atoms with Crippen LogP contribution in [0.2, 0.25) is 0 Å². The smallest absolute Gasteiger partial charge is 0.262 e. The number of aryl methyl sites for hydroxylation is 1. The number of hydrogen-bond acceptors (Lipinski definition) is 3. The molecule has 0 aliphatic heterocycles. The molecule has 0 aliphatic carbocycles. The van der Waals surface area contributed by atoms with Crippen LogP contribution in [0.25, 0.3) is 0 Å². The lowest BCUT2D eigenvalue weighted by Gasteiger charge is -2.10. The fraction of sp³-hybridized carbons (Fsp3) is 0.0769. The highest BCUT2D eigenvalue weighted by atomic mass is 32.2. The highest BCUT2D eigenvalue weighted by molar-refractivity contribution is 7.92. The molecule has 0 aliphatic rings. The van der Waals surface area contributed by atoms with Crippen LogP contribution in [0.1, 0.15) is 5.56 Å². The molecule has 4 nitrogen and oxygen atoms in total. The summed E-state index contributed by atoms with van der Waals surface area (Å²) in [6.45, 7) is 1.85. The molecule has 2 rings (SSSR count). The topological polar surface area (TPSA) is 72.2 Å². The van der Waals surface area contributed by atoms with E-state index in [9.17, 15) is 12.8 Å². The zero-order chi connectivity index (χ0) is 14.0. The first-order valence-corrected chi connectivity index (χ1v) is 7.01. The maximum Gasteiger partial charge on any atom is 0.262 e. The quantitative estimate of drug-likeness (QED) is 0.848. The number of nitrogen functional groups attached to an aromatic ring is 1. The minimum absolute atomic E-state index is 0.146. The molecule has 100 valence electrons. The minimum Gasteiger partial charge on any atom is -0.397 e. The van der Waals surface area contributed by atoms with Crippen molar-refractivity contribution < 1.29 is 12.8 Å². The summed E-state index contributed by atoms with van der Waals surface area (Å²) in [6.07, 6.45) is 0. The second-order valence-corrected chi connectivity index (χ2v) is 5.84. The molecule has 0 fully saturated rings. The molecule has 0 amide bonds. The first-order chi connectivity index (χ1) is 8.88. The van der Waals surface area contributed by atoms with E-state index in [0.717, 1.165) is 11.6 Å². The van der Waals surface area contributed by atoms with E-state index in [2.05, 4.69) is 4.72 Å². The molecule has 0 radical (unpaired) electrons. The van der Waals surface area contributed by atoms with Crippen molar-refractivity contribution in [3.8, 4) is 0 Å². The van der Waals surface area contributed by atoms with E-state index in [-0.39, 0.29) is 10.6 Å². The zero-order valence-corrected chi connectivity index (χ0v) is 11.0. The Labute approximate surface area is 111 Å². The summed E-state index contributed by atoms with van der Waals surface area (Å²) < 4.78 is 39.5. The van der Waals surface area contributed by atoms with Crippen LogP contribution in [-0.4, -0.2) is 8.42 Å². The van der Waals surface area contributed by atoms with Crippen molar-refractivity contribution in [3.63, 3.8) is 0 Å². The molecule has 0 saturated carbocycles. The van der Waals surface area contributed by atoms with Gasteiger partial charge in [0.25, 0.3) is 10.0 Å². The van der Waals surface area contributed by atoms with Gasteiger partial charge < -0.3 is 5.73 Å². The van der Waals surface area contributed by atoms with E-state index in [1.807, 2.05) is 6.92 Å². The Morgan fingerprint density at radius 3 is 2.53 bits per heavy atom. The summed E-state index contributed by atoms with van der Waals surface area (Å²) in [6, 6.07) is 9.74. The van der Waals surface area contributed by atoms with Crippen molar-refractivity contribution in [3.05, 3.63) is 53.8 Å². The molecule has 0 heterocycles. The van der Waals surface area contributed by atoms with Gasteiger partial charge >= 0.3 is 0 Å².